The normalized spacial score (nSPS) is 20.1. The van der Waals surface area contributed by atoms with E-state index in [1.165, 1.54) is 24.2 Å². The fraction of sp³-hybridized carbons (Fsp3) is 0.625. The largest absolute Gasteiger partial charge is 0.381 e. The average Bonchev–Trinajstić information content (AvgIpc) is 2.86. The van der Waals surface area contributed by atoms with Gasteiger partial charge in [-0.3, -0.25) is 4.90 Å². The quantitative estimate of drug-likeness (QED) is 0.852. The predicted molar refractivity (Wildman–Crippen MR) is 80.5 cm³/mol. The van der Waals surface area contributed by atoms with Crippen LogP contribution in [0, 0.1) is 0 Å². The highest BCUT2D eigenvalue weighted by Gasteiger charge is 2.24. The number of hydrogen-bond acceptors (Lipinski definition) is 3. The molecule has 0 aromatic heterocycles. The summed E-state index contributed by atoms with van der Waals surface area (Å²) >= 11 is 0. The molecule has 1 aromatic rings. The number of ether oxygens (including phenoxy) is 1. The Morgan fingerprint density at radius 1 is 1.37 bits per heavy atom. The molecule has 0 spiro atoms. The molecule has 106 valence electrons. The molecule has 1 heterocycles. The summed E-state index contributed by atoms with van der Waals surface area (Å²) in [6.45, 7) is 10.4. The van der Waals surface area contributed by atoms with Crippen molar-refractivity contribution >= 4 is 5.69 Å². The van der Waals surface area contributed by atoms with E-state index in [4.69, 9.17) is 4.74 Å². The fourth-order valence-corrected chi connectivity index (χ4v) is 2.59. The molecule has 0 amide bonds. The lowest BCUT2D eigenvalue weighted by molar-refractivity contribution is 0.134. The molecule has 1 unspecified atom stereocenters. The van der Waals surface area contributed by atoms with Crippen LogP contribution in [0.1, 0.15) is 32.8 Å². The number of benzene rings is 1. The SMILES string of the molecule is CCOCc1ccccc1NC1CCN(C(C)C)C1. The van der Waals surface area contributed by atoms with Crippen LogP contribution in [0.4, 0.5) is 5.69 Å². The molecule has 1 saturated heterocycles. The van der Waals surface area contributed by atoms with Crippen molar-refractivity contribution in [2.45, 2.75) is 45.9 Å². The van der Waals surface area contributed by atoms with E-state index >= 15 is 0 Å². The number of para-hydroxylation sites is 1. The summed E-state index contributed by atoms with van der Waals surface area (Å²) < 4.78 is 5.53. The molecule has 19 heavy (non-hydrogen) atoms. The maximum atomic E-state index is 5.53. The van der Waals surface area contributed by atoms with E-state index in [-0.39, 0.29) is 0 Å². The van der Waals surface area contributed by atoms with Gasteiger partial charge in [0.25, 0.3) is 0 Å². The van der Waals surface area contributed by atoms with Gasteiger partial charge in [-0.2, -0.15) is 0 Å². The summed E-state index contributed by atoms with van der Waals surface area (Å²) in [5, 5.41) is 3.68. The minimum Gasteiger partial charge on any atom is -0.381 e. The van der Waals surface area contributed by atoms with Gasteiger partial charge in [0.05, 0.1) is 6.61 Å². The third-order valence-electron chi connectivity index (χ3n) is 3.79. The van der Waals surface area contributed by atoms with Gasteiger partial charge in [-0.25, -0.2) is 0 Å². The van der Waals surface area contributed by atoms with Crippen LogP contribution in [0.3, 0.4) is 0 Å². The number of rotatable bonds is 6. The van der Waals surface area contributed by atoms with Crippen LogP contribution in [0.15, 0.2) is 24.3 Å². The Kier molecular flexibility index (Phi) is 5.23. The van der Waals surface area contributed by atoms with Crippen molar-refractivity contribution in [3.8, 4) is 0 Å². The van der Waals surface area contributed by atoms with Gasteiger partial charge in [0.1, 0.15) is 0 Å². The highest BCUT2D eigenvalue weighted by Crippen LogP contribution is 2.21. The number of hydrogen-bond donors (Lipinski definition) is 1. The molecule has 1 aliphatic rings. The number of nitrogens with one attached hydrogen (secondary N) is 1. The summed E-state index contributed by atoms with van der Waals surface area (Å²) in [5.74, 6) is 0. The zero-order valence-corrected chi connectivity index (χ0v) is 12.4. The van der Waals surface area contributed by atoms with Crippen molar-refractivity contribution in [3.63, 3.8) is 0 Å². The monoisotopic (exact) mass is 262 g/mol. The zero-order valence-electron chi connectivity index (χ0n) is 12.4. The van der Waals surface area contributed by atoms with Crippen molar-refractivity contribution in [3.05, 3.63) is 29.8 Å². The predicted octanol–water partition coefficient (Wildman–Crippen LogP) is 3.12. The second-order valence-corrected chi connectivity index (χ2v) is 5.51. The Labute approximate surface area is 116 Å². The van der Waals surface area contributed by atoms with Crippen LogP contribution in [-0.4, -0.2) is 36.7 Å². The van der Waals surface area contributed by atoms with E-state index in [9.17, 15) is 0 Å². The average molecular weight is 262 g/mol. The molecule has 3 heteroatoms. The van der Waals surface area contributed by atoms with Crippen LogP contribution < -0.4 is 5.32 Å². The summed E-state index contributed by atoms with van der Waals surface area (Å²) in [4.78, 5) is 2.53. The molecular formula is C16H26N2O. The molecule has 1 N–H and O–H groups in total. The Morgan fingerprint density at radius 2 is 2.16 bits per heavy atom. The second kappa shape index (κ2) is 6.92. The third-order valence-corrected chi connectivity index (χ3v) is 3.79. The first-order valence-electron chi connectivity index (χ1n) is 7.37. The fourth-order valence-electron chi connectivity index (χ4n) is 2.59. The van der Waals surface area contributed by atoms with E-state index < -0.39 is 0 Å². The molecule has 1 aliphatic heterocycles. The summed E-state index contributed by atoms with van der Waals surface area (Å²) in [7, 11) is 0. The van der Waals surface area contributed by atoms with Gasteiger partial charge in [-0.1, -0.05) is 18.2 Å². The maximum absolute atomic E-state index is 5.53. The van der Waals surface area contributed by atoms with Crippen molar-refractivity contribution in [1.29, 1.82) is 0 Å². The lowest BCUT2D eigenvalue weighted by atomic mass is 10.1. The minimum atomic E-state index is 0.560. The van der Waals surface area contributed by atoms with Crippen molar-refractivity contribution < 1.29 is 4.74 Å². The first-order chi connectivity index (χ1) is 9.20. The molecule has 0 saturated carbocycles. The Morgan fingerprint density at radius 3 is 2.84 bits per heavy atom. The molecule has 0 radical (unpaired) electrons. The summed E-state index contributed by atoms with van der Waals surface area (Å²) in [5.41, 5.74) is 2.49. The molecule has 1 fully saturated rings. The second-order valence-electron chi connectivity index (χ2n) is 5.51. The van der Waals surface area contributed by atoms with E-state index in [0.29, 0.717) is 18.7 Å². The van der Waals surface area contributed by atoms with Gasteiger partial charge in [-0.05, 0) is 33.3 Å². The van der Waals surface area contributed by atoms with Gasteiger partial charge < -0.3 is 10.1 Å². The molecule has 1 atom stereocenters. The van der Waals surface area contributed by atoms with Gasteiger partial charge in [0.2, 0.25) is 0 Å². The van der Waals surface area contributed by atoms with Gasteiger partial charge in [-0.15, -0.1) is 0 Å². The Balaban J connectivity index is 1.95. The van der Waals surface area contributed by atoms with E-state index in [1.807, 2.05) is 6.92 Å². The van der Waals surface area contributed by atoms with Crippen LogP contribution in [0.5, 0.6) is 0 Å². The van der Waals surface area contributed by atoms with Gasteiger partial charge in [0.15, 0.2) is 0 Å². The molecular weight excluding hydrogens is 236 g/mol. The lowest BCUT2D eigenvalue weighted by Gasteiger charge is -2.21. The van der Waals surface area contributed by atoms with Crippen molar-refractivity contribution in [1.82, 2.24) is 4.90 Å². The first-order valence-corrected chi connectivity index (χ1v) is 7.37. The third kappa shape index (κ3) is 3.95. The number of nitrogens with zero attached hydrogens (tertiary/aromatic N) is 1. The maximum Gasteiger partial charge on any atom is 0.0736 e. The van der Waals surface area contributed by atoms with Crippen LogP contribution in [-0.2, 0) is 11.3 Å². The first kappa shape index (κ1) is 14.4. The number of likely N-dealkylation sites (tertiary alicyclic amines) is 1. The molecule has 0 bridgehead atoms. The van der Waals surface area contributed by atoms with Crippen molar-refractivity contribution in [2.24, 2.45) is 0 Å². The molecule has 2 rings (SSSR count). The summed E-state index contributed by atoms with van der Waals surface area (Å²) in [6, 6.07) is 9.68. The highest BCUT2D eigenvalue weighted by molar-refractivity contribution is 5.51. The van der Waals surface area contributed by atoms with Crippen LogP contribution in [0.25, 0.3) is 0 Å². The molecule has 3 nitrogen and oxygen atoms in total. The van der Waals surface area contributed by atoms with Crippen LogP contribution >= 0.6 is 0 Å². The minimum absolute atomic E-state index is 0.560. The zero-order chi connectivity index (χ0) is 13.7. The molecule has 1 aromatic carbocycles. The lowest BCUT2D eigenvalue weighted by Crippen LogP contribution is -2.31. The Hall–Kier alpha value is -1.06. The van der Waals surface area contributed by atoms with Gasteiger partial charge in [0, 0.05) is 43.0 Å². The standard InChI is InChI=1S/C16H26N2O/c1-4-19-12-14-7-5-6-8-16(14)17-15-9-10-18(11-15)13(2)3/h5-8,13,15,17H,4,9-12H2,1-3H3. The number of anilines is 1. The summed E-state index contributed by atoms with van der Waals surface area (Å²) in [6.07, 6.45) is 1.22. The highest BCUT2D eigenvalue weighted by atomic mass is 16.5. The van der Waals surface area contributed by atoms with E-state index in [2.05, 4.69) is 48.3 Å². The van der Waals surface area contributed by atoms with E-state index in [0.717, 1.165) is 13.2 Å². The topological polar surface area (TPSA) is 24.5 Å². The van der Waals surface area contributed by atoms with Crippen LogP contribution in [0.2, 0.25) is 0 Å². The smallest absolute Gasteiger partial charge is 0.0736 e. The van der Waals surface area contributed by atoms with E-state index in [1.54, 1.807) is 0 Å². The van der Waals surface area contributed by atoms with Gasteiger partial charge >= 0.3 is 0 Å². The molecule has 0 aliphatic carbocycles. The Bertz CT molecular complexity index is 392. The van der Waals surface area contributed by atoms with Crippen molar-refractivity contribution in [2.75, 3.05) is 25.0 Å².